The first-order valence-corrected chi connectivity index (χ1v) is 9.96. The topological polar surface area (TPSA) is 63.2 Å². The van der Waals surface area contributed by atoms with Crippen LogP contribution in [0.2, 0.25) is 0 Å². The fraction of sp³-hybridized carbons (Fsp3) is 0.318. The van der Waals surface area contributed by atoms with Gasteiger partial charge in [-0.2, -0.15) is 0 Å². The van der Waals surface area contributed by atoms with E-state index >= 15 is 0 Å². The van der Waals surface area contributed by atoms with Crippen molar-refractivity contribution in [2.45, 2.75) is 45.8 Å². The summed E-state index contributed by atoms with van der Waals surface area (Å²) < 4.78 is 11.8. The van der Waals surface area contributed by atoms with E-state index in [-0.39, 0.29) is 0 Å². The molecule has 1 aliphatic carbocycles. The summed E-state index contributed by atoms with van der Waals surface area (Å²) >= 11 is 0. The van der Waals surface area contributed by atoms with Crippen LogP contribution in [0.3, 0.4) is 0 Å². The highest BCUT2D eigenvalue weighted by Crippen LogP contribution is 2.40. The molecule has 0 amide bonds. The Hall–Kier alpha value is -3.19. The van der Waals surface area contributed by atoms with E-state index in [4.69, 9.17) is 9.26 Å². The summed E-state index contributed by atoms with van der Waals surface area (Å²) in [6, 6.07) is 8.71. The van der Waals surface area contributed by atoms with Crippen molar-refractivity contribution >= 4 is 18.2 Å². The van der Waals surface area contributed by atoms with E-state index in [1.54, 1.807) is 0 Å². The molecule has 7 heteroatoms. The summed E-state index contributed by atoms with van der Waals surface area (Å²) in [6.07, 6.45) is 13.2. The van der Waals surface area contributed by atoms with Crippen LogP contribution < -0.4 is 9.75 Å². The highest BCUT2D eigenvalue weighted by atomic mass is 16.5. The molecular formula is C22H24N5O2+. The first kappa shape index (κ1) is 17.9. The van der Waals surface area contributed by atoms with E-state index in [2.05, 4.69) is 38.5 Å². The number of benzene rings is 1. The minimum absolute atomic E-state index is 0.438. The van der Waals surface area contributed by atoms with Crippen molar-refractivity contribution < 1.29 is 13.9 Å². The molecule has 3 aliphatic rings. The number of hydrogen-bond donors (Lipinski definition) is 0. The largest absolute Gasteiger partial charge is 0.489 e. The van der Waals surface area contributed by atoms with Gasteiger partial charge < -0.3 is 9.26 Å². The van der Waals surface area contributed by atoms with Crippen LogP contribution in [-0.4, -0.2) is 28.3 Å². The number of rotatable bonds is 6. The predicted octanol–water partition coefficient (Wildman–Crippen LogP) is 4.40. The van der Waals surface area contributed by atoms with Crippen LogP contribution in [0, 0.1) is 13.8 Å². The van der Waals surface area contributed by atoms with Crippen LogP contribution in [0.1, 0.15) is 36.3 Å². The highest BCUT2D eigenvalue weighted by Gasteiger charge is 2.46. The first-order chi connectivity index (χ1) is 14.2. The number of aliphatic imine (C=N–C) groups is 2. The molecular weight excluding hydrogens is 366 g/mol. The minimum atomic E-state index is 0.438. The Labute approximate surface area is 169 Å². The van der Waals surface area contributed by atoms with Gasteiger partial charge in [0.05, 0.1) is 41.6 Å². The van der Waals surface area contributed by atoms with E-state index < -0.39 is 0 Å². The molecule has 0 bridgehead atoms. The van der Waals surface area contributed by atoms with Crippen LogP contribution in [0.15, 0.2) is 63.1 Å². The van der Waals surface area contributed by atoms with Crippen LogP contribution in [0.4, 0.5) is 5.69 Å². The number of fused-ring (bicyclic) bond motifs is 1. The smallest absolute Gasteiger partial charge is 0.225 e. The zero-order valence-electron chi connectivity index (χ0n) is 16.7. The van der Waals surface area contributed by atoms with Gasteiger partial charge in [-0.05, 0) is 45.2 Å². The maximum Gasteiger partial charge on any atom is 0.225 e. The van der Waals surface area contributed by atoms with E-state index in [9.17, 15) is 0 Å². The number of hydrogen-bond acceptors (Lipinski definition) is 6. The first-order valence-electron chi connectivity index (χ1n) is 9.96. The number of ether oxygens (including phenoxy) is 1. The fourth-order valence-electron chi connectivity index (χ4n) is 4.01. The summed E-state index contributed by atoms with van der Waals surface area (Å²) in [5, 5.41) is 6.42. The molecule has 2 aromatic rings. The van der Waals surface area contributed by atoms with Gasteiger partial charge in [0, 0.05) is 6.07 Å². The Kier molecular flexibility index (Phi) is 4.32. The second kappa shape index (κ2) is 7.00. The summed E-state index contributed by atoms with van der Waals surface area (Å²) in [4.78, 5) is 8.75. The SMILES string of the molecule is Cc1noc(C)c1COc1cccc(N(C2CCC2)[N+]23C=CN=CC2=CN=C3)c1. The van der Waals surface area contributed by atoms with Crippen molar-refractivity contribution in [2.75, 3.05) is 5.01 Å². The molecule has 1 unspecified atom stereocenters. The molecule has 3 heterocycles. The number of aryl methyl sites for hydroxylation is 2. The molecule has 0 spiro atoms. The quantitative estimate of drug-likeness (QED) is 0.686. The molecule has 0 saturated heterocycles. The van der Waals surface area contributed by atoms with Crippen molar-refractivity contribution in [3.05, 3.63) is 65.6 Å². The summed E-state index contributed by atoms with van der Waals surface area (Å²) in [7, 11) is 0. The molecule has 1 atom stereocenters. The second-order valence-electron chi connectivity index (χ2n) is 7.65. The average Bonchev–Trinajstić information content (AvgIpc) is 3.27. The lowest BCUT2D eigenvalue weighted by Gasteiger charge is -2.46. The highest BCUT2D eigenvalue weighted by molar-refractivity contribution is 5.82. The lowest BCUT2D eigenvalue weighted by Crippen LogP contribution is -2.61. The van der Waals surface area contributed by atoms with Crippen molar-refractivity contribution in [1.82, 2.24) is 5.16 Å². The van der Waals surface area contributed by atoms with Crippen molar-refractivity contribution in [3.8, 4) is 5.75 Å². The molecule has 2 aliphatic heterocycles. The standard InChI is InChI=1S/C22H24N5O2/c1-16-22(17(2)29-25-16)14-28-21-8-4-7-19(11-21)26(18-5-3-6-18)27-10-9-23-12-20(27)13-24-15-27/h4,7-13,15,18H,3,5-6,14H2,1-2H3/q+1. The average molecular weight is 390 g/mol. The molecule has 0 radical (unpaired) electrons. The van der Waals surface area contributed by atoms with Crippen LogP contribution in [-0.2, 0) is 6.61 Å². The van der Waals surface area contributed by atoms with Gasteiger partial charge in [-0.3, -0.25) is 4.99 Å². The normalized spacial score (nSPS) is 22.3. The summed E-state index contributed by atoms with van der Waals surface area (Å²) in [5.74, 6) is 1.62. The van der Waals surface area contributed by atoms with Gasteiger partial charge in [0.25, 0.3) is 0 Å². The number of aromatic nitrogens is 1. The van der Waals surface area contributed by atoms with E-state index in [1.165, 1.54) is 6.42 Å². The second-order valence-corrected chi connectivity index (χ2v) is 7.65. The zero-order valence-corrected chi connectivity index (χ0v) is 16.7. The van der Waals surface area contributed by atoms with Crippen molar-refractivity contribution in [1.29, 1.82) is 0 Å². The Balaban J connectivity index is 1.46. The summed E-state index contributed by atoms with van der Waals surface area (Å²) in [5.41, 5.74) is 4.01. The lowest BCUT2D eigenvalue weighted by atomic mass is 9.91. The van der Waals surface area contributed by atoms with Gasteiger partial charge in [-0.25, -0.2) is 10.0 Å². The van der Waals surface area contributed by atoms with Gasteiger partial charge in [-0.1, -0.05) is 11.2 Å². The van der Waals surface area contributed by atoms with Gasteiger partial charge in [-0.15, -0.1) is 4.59 Å². The molecule has 29 heavy (non-hydrogen) atoms. The Morgan fingerprint density at radius 3 is 2.90 bits per heavy atom. The monoisotopic (exact) mass is 390 g/mol. The summed E-state index contributed by atoms with van der Waals surface area (Å²) in [6.45, 7) is 4.28. The lowest BCUT2D eigenvalue weighted by molar-refractivity contribution is -0.746. The minimum Gasteiger partial charge on any atom is -0.489 e. The van der Waals surface area contributed by atoms with Crippen molar-refractivity contribution in [2.24, 2.45) is 9.98 Å². The maximum absolute atomic E-state index is 6.10. The van der Waals surface area contributed by atoms with E-state index in [1.807, 2.05) is 50.9 Å². The number of nitrogens with zero attached hydrogens (tertiary/aromatic N) is 5. The number of allylic oxidation sites excluding steroid dienone is 1. The number of quaternary nitrogens is 1. The van der Waals surface area contributed by atoms with Crippen molar-refractivity contribution in [3.63, 3.8) is 0 Å². The predicted molar refractivity (Wildman–Crippen MR) is 111 cm³/mol. The van der Waals surface area contributed by atoms with Crippen LogP contribution >= 0.6 is 0 Å². The Bertz CT molecular complexity index is 1030. The van der Waals surface area contributed by atoms with Crippen LogP contribution in [0.5, 0.6) is 5.75 Å². The Morgan fingerprint density at radius 2 is 2.14 bits per heavy atom. The van der Waals surface area contributed by atoms with E-state index in [0.717, 1.165) is 47.0 Å². The van der Waals surface area contributed by atoms with Gasteiger partial charge in [0.1, 0.15) is 18.1 Å². The third-order valence-corrected chi connectivity index (χ3v) is 5.87. The fourth-order valence-corrected chi connectivity index (χ4v) is 4.01. The van der Waals surface area contributed by atoms with Gasteiger partial charge >= 0.3 is 0 Å². The molecule has 7 nitrogen and oxygen atoms in total. The molecule has 5 rings (SSSR count). The number of anilines is 1. The molecule has 1 saturated carbocycles. The molecule has 1 aromatic carbocycles. The van der Waals surface area contributed by atoms with E-state index in [0.29, 0.717) is 17.2 Å². The Morgan fingerprint density at radius 1 is 1.24 bits per heavy atom. The van der Waals surface area contributed by atoms with Gasteiger partial charge in [0.15, 0.2) is 6.20 Å². The molecule has 0 N–H and O–H groups in total. The molecule has 1 aromatic heterocycles. The third-order valence-electron chi connectivity index (χ3n) is 5.87. The van der Waals surface area contributed by atoms with Crippen LogP contribution in [0.25, 0.3) is 0 Å². The molecule has 1 fully saturated rings. The third kappa shape index (κ3) is 2.98. The molecule has 148 valence electrons. The zero-order chi connectivity index (χ0) is 19.8. The van der Waals surface area contributed by atoms with Gasteiger partial charge in [0.2, 0.25) is 12.0 Å². The maximum atomic E-state index is 6.10.